The van der Waals surface area contributed by atoms with E-state index in [9.17, 15) is 0 Å². The van der Waals surface area contributed by atoms with Crippen molar-refractivity contribution in [3.63, 3.8) is 0 Å². The molecule has 0 aromatic rings. The second-order valence-corrected chi connectivity index (χ2v) is 8.80. The lowest BCUT2D eigenvalue weighted by Crippen LogP contribution is -2.52. The van der Waals surface area contributed by atoms with Crippen molar-refractivity contribution in [2.24, 2.45) is 23.7 Å². The molecule has 0 heterocycles. The lowest BCUT2D eigenvalue weighted by Gasteiger charge is -2.49. The fourth-order valence-electron chi connectivity index (χ4n) is 2.78. The maximum Gasteiger partial charge on any atom is 0.0707 e. The number of unbranched alkanes of at least 4 members (excludes halogenated alkanes) is 3. The molecule has 23 heavy (non-hydrogen) atoms. The Hall–Kier alpha value is -0.0400. The molecule has 0 aliphatic carbocycles. The van der Waals surface area contributed by atoms with Crippen molar-refractivity contribution in [2.75, 3.05) is 0 Å². The van der Waals surface area contributed by atoms with E-state index in [2.05, 4.69) is 83.1 Å². The zero-order chi connectivity index (χ0) is 18.8. The number of ether oxygens (including phenoxy) is 1. The highest BCUT2D eigenvalue weighted by molar-refractivity contribution is 4.91. The molecule has 0 saturated heterocycles. The van der Waals surface area contributed by atoms with Crippen molar-refractivity contribution in [3.05, 3.63) is 0 Å². The summed E-state index contributed by atoms with van der Waals surface area (Å²) in [5.41, 5.74) is -0.105. The summed E-state index contributed by atoms with van der Waals surface area (Å²) in [5, 5.41) is 0. The molecular weight excluding hydrogens is 280 g/mol. The van der Waals surface area contributed by atoms with Crippen molar-refractivity contribution >= 4 is 0 Å². The third kappa shape index (κ3) is 8.05. The lowest BCUT2D eigenvalue weighted by atomic mass is 9.77. The molecule has 0 saturated carbocycles. The fraction of sp³-hybridized carbons (Fsp3) is 1.00. The van der Waals surface area contributed by atoms with Crippen LogP contribution in [0.25, 0.3) is 0 Å². The van der Waals surface area contributed by atoms with Crippen LogP contribution in [0.15, 0.2) is 0 Å². The minimum atomic E-state index is -0.0523. The van der Waals surface area contributed by atoms with Crippen LogP contribution in [-0.4, -0.2) is 11.2 Å². The van der Waals surface area contributed by atoms with Gasteiger partial charge in [-0.2, -0.15) is 0 Å². The molecule has 1 nitrogen and oxygen atoms in total. The number of hydrogen-bond acceptors (Lipinski definition) is 1. The van der Waals surface area contributed by atoms with E-state index < -0.39 is 0 Å². The Balaban J connectivity index is 0. The van der Waals surface area contributed by atoms with Gasteiger partial charge >= 0.3 is 0 Å². The van der Waals surface area contributed by atoms with E-state index in [1.807, 2.05) is 0 Å². The molecule has 0 fully saturated rings. The smallest absolute Gasteiger partial charge is 0.0707 e. The third-order valence-corrected chi connectivity index (χ3v) is 5.98. The molecule has 0 aromatic heterocycles. The Labute approximate surface area is 149 Å². The highest BCUT2D eigenvalue weighted by Gasteiger charge is 2.43. The summed E-state index contributed by atoms with van der Waals surface area (Å²) in [5.74, 6) is 2.11. The minimum Gasteiger partial charge on any atom is -0.368 e. The first-order valence-electron chi connectivity index (χ1n) is 10.1. The topological polar surface area (TPSA) is 9.23 Å². The van der Waals surface area contributed by atoms with Crippen LogP contribution in [0, 0.1) is 23.7 Å². The van der Waals surface area contributed by atoms with Crippen LogP contribution in [0.5, 0.6) is 0 Å². The Morgan fingerprint density at radius 2 is 0.783 bits per heavy atom. The average molecular weight is 329 g/mol. The molecule has 1 heteroatoms. The summed E-state index contributed by atoms with van der Waals surface area (Å²) in [6, 6.07) is 0. The van der Waals surface area contributed by atoms with Crippen LogP contribution in [0.3, 0.4) is 0 Å². The molecule has 0 unspecified atom stereocenters. The Kier molecular flexibility index (Phi) is 12.6. The standard InChI is InChI=1S/C16H34O.C6H14/c1-11(2)15(9,12(3)4)17-16(10,13(5)6)14(7)8;1-3-5-6-4-2/h11-14H,1-10H3;3-6H2,1-2H3. The van der Waals surface area contributed by atoms with E-state index in [0.29, 0.717) is 23.7 Å². The molecule has 0 amide bonds. The summed E-state index contributed by atoms with van der Waals surface area (Å²) in [7, 11) is 0. The summed E-state index contributed by atoms with van der Waals surface area (Å²) in [6.45, 7) is 27.1. The van der Waals surface area contributed by atoms with Gasteiger partial charge in [-0.1, -0.05) is 94.9 Å². The van der Waals surface area contributed by atoms with Crippen LogP contribution in [0.2, 0.25) is 0 Å². The van der Waals surface area contributed by atoms with Gasteiger partial charge in [0.25, 0.3) is 0 Å². The van der Waals surface area contributed by atoms with E-state index in [4.69, 9.17) is 4.74 Å². The molecule has 0 bridgehead atoms. The maximum atomic E-state index is 6.67. The predicted molar refractivity (Wildman–Crippen MR) is 107 cm³/mol. The van der Waals surface area contributed by atoms with Gasteiger partial charge in [-0.15, -0.1) is 0 Å². The average Bonchev–Trinajstić information content (AvgIpc) is 2.44. The van der Waals surface area contributed by atoms with E-state index >= 15 is 0 Å². The molecule has 0 aliphatic rings. The Morgan fingerprint density at radius 3 is 0.913 bits per heavy atom. The summed E-state index contributed by atoms with van der Waals surface area (Å²) < 4.78 is 6.67. The first-order chi connectivity index (χ1) is 10.4. The van der Waals surface area contributed by atoms with Crippen molar-refractivity contribution < 1.29 is 4.74 Å². The molecule has 0 aliphatic heterocycles. The first kappa shape index (κ1) is 25.2. The van der Waals surface area contributed by atoms with Gasteiger partial charge in [0.2, 0.25) is 0 Å². The van der Waals surface area contributed by atoms with E-state index in [1.165, 1.54) is 25.7 Å². The summed E-state index contributed by atoms with van der Waals surface area (Å²) in [4.78, 5) is 0. The Morgan fingerprint density at radius 1 is 0.565 bits per heavy atom. The van der Waals surface area contributed by atoms with E-state index in [0.717, 1.165) is 0 Å². The molecule has 0 rings (SSSR count). The summed E-state index contributed by atoms with van der Waals surface area (Å²) >= 11 is 0. The van der Waals surface area contributed by atoms with Crippen LogP contribution >= 0.6 is 0 Å². The first-order valence-corrected chi connectivity index (χ1v) is 10.1. The zero-order valence-electron chi connectivity index (χ0n) is 18.5. The number of hydrogen-bond donors (Lipinski definition) is 0. The maximum absolute atomic E-state index is 6.67. The molecule has 0 spiro atoms. The van der Waals surface area contributed by atoms with Gasteiger partial charge < -0.3 is 4.74 Å². The largest absolute Gasteiger partial charge is 0.368 e. The van der Waals surface area contributed by atoms with Gasteiger partial charge in [-0.05, 0) is 37.5 Å². The van der Waals surface area contributed by atoms with Crippen molar-refractivity contribution in [2.45, 2.75) is 120 Å². The fourth-order valence-corrected chi connectivity index (χ4v) is 2.78. The highest BCUT2D eigenvalue weighted by atomic mass is 16.5. The lowest BCUT2D eigenvalue weighted by molar-refractivity contribution is -0.216. The van der Waals surface area contributed by atoms with E-state index in [-0.39, 0.29) is 11.2 Å². The molecule has 0 radical (unpaired) electrons. The Bertz CT molecular complexity index is 232. The number of rotatable bonds is 9. The van der Waals surface area contributed by atoms with Gasteiger partial charge in [0.05, 0.1) is 11.2 Å². The molecule has 0 atom stereocenters. The monoisotopic (exact) mass is 328 g/mol. The van der Waals surface area contributed by atoms with Crippen LogP contribution in [0.4, 0.5) is 0 Å². The minimum absolute atomic E-state index is 0.0523. The van der Waals surface area contributed by atoms with Gasteiger partial charge in [0.1, 0.15) is 0 Å². The quantitative estimate of drug-likeness (QED) is 0.393. The second-order valence-electron chi connectivity index (χ2n) is 8.80. The summed E-state index contributed by atoms with van der Waals surface area (Å²) in [6.07, 6.45) is 5.54. The second kappa shape index (κ2) is 11.5. The normalized spacial score (nSPS) is 13.0. The van der Waals surface area contributed by atoms with Crippen molar-refractivity contribution in [1.29, 1.82) is 0 Å². The zero-order valence-corrected chi connectivity index (χ0v) is 18.5. The van der Waals surface area contributed by atoms with Crippen molar-refractivity contribution in [1.82, 2.24) is 0 Å². The van der Waals surface area contributed by atoms with Gasteiger partial charge in [-0.3, -0.25) is 0 Å². The molecular formula is C22H48O. The third-order valence-electron chi connectivity index (χ3n) is 5.98. The van der Waals surface area contributed by atoms with Crippen LogP contribution in [0.1, 0.15) is 109 Å². The van der Waals surface area contributed by atoms with Crippen LogP contribution in [-0.2, 0) is 4.74 Å². The molecule has 0 aromatic carbocycles. The SMILES string of the molecule is CC(C)C(C)(OC(C)(C(C)C)C(C)C)C(C)C.CCCCCC. The highest BCUT2D eigenvalue weighted by Crippen LogP contribution is 2.40. The molecule has 142 valence electrons. The van der Waals surface area contributed by atoms with E-state index in [1.54, 1.807) is 0 Å². The van der Waals surface area contributed by atoms with Gasteiger partial charge in [-0.25, -0.2) is 0 Å². The van der Waals surface area contributed by atoms with Gasteiger partial charge in [0.15, 0.2) is 0 Å². The van der Waals surface area contributed by atoms with Crippen molar-refractivity contribution in [3.8, 4) is 0 Å². The molecule has 0 N–H and O–H groups in total. The predicted octanol–water partition coefficient (Wildman–Crippen LogP) is 7.73. The van der Waals surface area contributed by atoms with Crippen LogP contribution < -0.4 is 0 Å². The van der Waals surface area contributed by atoms with Gasteiger partial charge in [0, 0.05) is 0 Å².